The quantitative estimate of drug-likeness (QED) is 0.732. The lowest BCUT2D eigenvalue weighted by atomic mass is 9.89. The first-order chi connectivity index (χ1) is 10.2. The van der Waals surface area contributed by atoms with E-state index in [2.05, 4.69) is 73.7 Å². The monoisotopic (exact) mass is 284 g/mol. The summed E-state index contributed by atoms with van der Waals surface area (Å²) in [6.07, 6.45) is 9.29. The third kappa shape index (κ3) is 4.55. The van der Waals surface area contributed by atoms with Crippen molar-refractivity contribution in [2.24, 2.45) is 0 Å². The van der Waals surface area contributed by atoms with Crippen LogP contribution in [0.5, 0.6) is 0 Å². The molecule has 0 bridgehead atoms. The van der Waals surface area contributed by atoms with Crippen LogP contribution in [0.15, 0.2) is 48.1 Å². The molecule has 2 heteroatoms. The fourth-order valence-corrected chi connectivity index (χ4v) is 2.86. The standard InChI is InChI=1S/C19H28N2/c1-4-5-13-20-14-16-9-6-7-11-18(16)19-12-8-10-17(19)15-21(2)3/h6-12,19-20H,4-5,13-15H2,1-3H3. The number of allylic oxidation sites excluding steroid dienone is 3. The van der Waals surface area contributed by atoms with E-state index in [1.54, 1.807) is 0 Å². The van der Waals surface area contributed by atoms with Gasteiger partial charge < -0.3 is 10.2 Å². The molecule has 21 heavy (non-hydrogen) atoms. The highest BCUT2D eigenvalue weighted by atomic mass is 15.0. The molecule has 1 unspecified atom stereocenters. The lowest BCUT2D eigenvalue weighted by Gasteiger charge is -2.21. The normalized spacial score (nSPS) is 17.5. The average Bonchev–Trinajstić information content (AvgIpc) is 2.91. The smallest absolute Gasteiger partial charge is 0.0250 e. The van der Waals surface area contributed by atoms with E-state index in [1.165, 1.54) is 29.5 Å². The molecule has 0 amide bonds. The predicted molar refractivity (Wildman–Crippen MR) is 91.6 cm³/mol. The zero-order chi connectivity index (χ0) is 15.1. The van der Waals surface area contributed by atoms with Gasteiger partial charge >= 0.3 is 0 Å². The van der Waals surface area contributed by atoms with Gasteiger partial charge in [-0.05, 0) is 43.8 Å². The summed E-state index contributed by atoms with van der Waals surface area (Å²) in [7, 11) is 4.27. The number of benzene rings is 1. The maximum atomic E-state index is 3.57. The molecule has 2 nitrogen and oxygen atoms in total. The van der Waals surface area contributed by atoms with Crippen molar-refractivity contribution in [2.75, 3.05) is 27.2 Å². The lowest BCUT2D eigenvalue weighted by Crippen LogP contribution is -2.19. The first-order valence-corrected chi connectivity index (χ1v) is 8.03. The Labute approximate surface area is 129 Å². The van der Waals surface area contributed by atoms with Gasteiger partial charge in [0.2, 0.25) is 0 Å². The van der Waals surface area contributed by atoms with E-state index in [0.717, 1.165) is 19.6 Å². The zero-order valence-electron chi connectivity index (χ0n) is 13.6. The summed E-state index contributed by atoms with van der Waals surface area (Å²) in [5.41, 5.74) is 4.36. The Morgan fingerprint density at radius 1 is 1.19 bits per heavy atom. The topological polar surface area (TPSA) is 15.3 Å². The number of nitrogens with zero attached hydrogens (tertiary/aromatic N) is 1. The van der Waals surface area contributed by atoms with Crippen molar-refractivity contribution in [1.82, 2.24) is 10.2 Å². The summed E-state index contributed by atoms with van der Waals surface area (Å²) in [6, 6.07) is 8.84. The van der Waals surface area contributed by atoms with Crippen LogP contribution in [0.2, 0.25) is 0 Å². The van der Waals surface area contributed by atoms with E-state index in [0.29, 0.717) is 5.92 Å². The third-order valence-electron chi connectivity index (χ3n) is 3.92. The van der Waals surface area contributed by atoms with E-state index in [4.69, 9.17) is 0 Å². The molecule has 114 valence electrons. The molecule has 1 aliphatic rings. The molecule has 0 heterocycles. The maximum absolute atomic E-state index is 3.57. The van der Waals surface area contributed by atoms with Gasteiger partial charge in [0.1, 0.15) is 0 Å². The van der Waals surface area contributed by atoms with Gasteiger partial charge in [0.25, 0.3) is 0 Å². The minimum Gasteiger partial charge on any atom is -0.313 e. The van der Waals surface area contributed by atoms with Gasteiger partial charge in [-0.1, -0.05) is 55.8 Å². The maximum Gasteiger partial charge on any atom is 0.0250 e. The van der Waals surface area contributed by atoms with Crippen LogP contribution in [0.1, 0.15) is 36.8 Å². The average molecular weight is 284 g/mol. The SMILES string of the molecule is CCCCNCc1ccccc1C1C=CC=C1CN(C)C. The molecule has 1 aliphatic carbocycles. The predicted octanol–water partition coefficient (Wildman–Crippen LogP) is 3.72. The molecular formula is C19H28N2. The number of rotatable bonds is 8. The van der Waals surface area contributed by atoms with Crippen molar-refractivity contribution in [3.8, 4) is 0 Å². The van der Waals surface area contributed by atoms with Gasteiger partial charge in [0, 0.05) is 19.0 Å². The van der Waals surface area contributed by atoms with Crippen LogP contribution in [-0.2, 0) is 6.54 Å². The highest BCUT2D eigenvalue weighted by Gasteiger charge is 2.19. The second-order valence-electron chi connectivity index (χ2n) is 6.07. The highest BCUT2D eigenvalue weighted by Crippen LogP contribution is 2.32. The molecule has 0 fully saturated rings. The summed E-state index contributed by atoms with van der Waals surface area (Å²) in [6.45, 7) is 5.33. The van der Waals surface area contributed by atoms with Crippen LogP contribution in [-0.4, -0.2) is 32.1 Å². The van der Waals surface area contributed by atoms with Crippen molar-refractivity contribution >= 4 is 0 Å². The molecule has 1 N–H and O–H groups in total. The number of likely N-dealkylation sites (N-methyl/N-ethyl adjacent to an activating group) is 1. The molecule has 0 saturated carbocycles. The molecule has 0 aromatic heterocycles. The van der Waals surface area contributed by atoms with Crippen molar-refractivity contribution < 1.29 is 0 Å². The van der Waals surface area contributed by atoms with Crippen molar-refractivity contribution in [1.29, 1.82) is 0 Å². The molecule has 2 rings (SSSR count). The first-order valence-electron chi connectivity index (χ1n) is 8.03. The molecule has 0 radical (unpaired) electrons. The van der Waals surface area contributed by atoms with Crippen LogP contribution >= 0.6 is 0 Å². The fourth-order valence-electron chi connectivity index (χ4n) is 2.86. The Bertz CT molecular complexity index is 500. The van der Waals surface area contributed by atoms with Gasteiger partial charge in [0.15, 0.2) is 0 Å². The molecule has 1 aromatic carbocycles. The van der Waals surface area contributed by atoms with Crippen LogP contribution in [0, 0.1) is 0 Å². The van der Waals surface area contributed by atoms with Crippen molar-refractivity contribution in [3.05, 3.63) is 59.2 Å². The summed E-state index contributed by atoms with van der Waals surface area (Å²) in [5.74, 6) is 0.441. The minimum absolute atomic E-state index is 0.441. The number of unbranched alkanes of at least 4 members (excludes halogenated alkanes) is 1. The Kier molecular flexibility index (Phi) is 6.21. The Balaban J connectivity index is 2.08. The Hall–Kier alpha value is -1.38. The minimum atomic E-state index is 0.441. The zero-order valence-corrected chi connectivity index (χ0v) is 13.6. The summed E-state index contributed by atoms with van der Waals surface area (Å²) >= 11 is 0. The van der Waals surface area contributed by atoms with Crippen LogP contribution < -0.4 is 5.32 Å². The van der Waals surface area contributed by atoms with Gasteiger partial charge in [0.05, 0.1) is 0 Å². The Morgan fingerprint density at radius 3 is 2.76 bits per heavy atom. The van der Waals surface area contributed by atoms with Crippen molar-refractivity contribution in [2.45, 2.75) is 32.2 Å². The van der Waals surface area contributed by atoms with E-state index >= 15 is 0 Å². The molecule has 1 aromatic rings. The van der Waals surface area contributed by atoms with Crippen molar-refractivity contribution in [3.63, 3.8) is 0 Å². The molecule has 0 spiro atoms. The summed E-state index contributed by atoms with van der Waals surface area (Å²) in [5, 5.41) is 3.57. The highest BCUT2D eigenvalue weighted by molar-refractivity contribution is 5.45. The summed E-state index contributed by atoms with van der Waals surface area (Å²) < 4.78 is 0. The van der Waals surface area contributed by atoms with Gasteiger partial charge in [-0.3, -0.25) is 0 Å². The Morgan fingerprint density at radius 2 is 2.00 bits per heavy atom. The van der Waals surface area contributed by atoms with E-state index in [9.17, 15) is 0 Å². The van der Waals surface area contributed by atoms with Crippen LogP contribution in [0.25, 0.3) is 0 Å². The third-order valence-corrected chi connectivity index (χ3v) is 3.92. The first kappa shape index (κ1) is 16.0. The molecular weight excluding hydrogens is 256 g/mol. The molecule has 0 aliphatic heterocycles. The number of hydrogen-bond acceptors (Lipinski definition) is 2. The number of nitrogens with one attached hydrogen (secondary N) is 1. The summed E-state index contributed by atoms with van der Waals surface area (Å²) in [4.78, 5) is 2.24. The molecule has 0 saturated heterocycles. The van der Waals surface area contributed by atoms with E-state index in [1.807, 2.05) is 0 Å². The van der Waals surface area contributed by atoms with Crippen LogP contribution in [0.4, 0.5) is 0 Å². The van der Waals surface area contributed by atoms with E-state index < -0.39 is 0 Å². The fraction of sp³-hybridized carbons (Fsp3) is 0.474. The van der Waals surface area contributed by atoms with Gasteiger partial charge in [-0.15, -0.1) is 0 Å². The largest absolute Gasteiger partial charge is 0.313 e. The van der Waals surface area contributed by atoms with Crippen LogP contribution in [0.3, 0.4) is 0 Å². The van der Waals surface area contributed by atoms with E-state index in [-0.39, 0.29) is 0 Å². The number of hydrogen-bond donors (Lipinski definition) is 1. The molecule has 1 atom stereocenters. The van der Waals surface area contributed by atoms with Gasteiger partial charge in [-0.2, -0.15) is 0 Å². The second kappa shape index (κ2) is 8.16. The second-order valence-corrected chi connectivity index (χ2v) is 6.07. The lowest BCUT2D eigenvalue weighted by molar-refractivity contribution is 0.439. The van der Waals surface area contributed by atoms with Gasteiger partial charge in [-0.25, -0.2) is 0 Å².